The summed E-state index contributed by atoms with van der Waals surface area (Å²) in [6, 6.07) is 13.0. The molecule has 0 saturated carbocycles. The molecule has 4 rings (SSSR count). The average molecular weight is 422 g/mol. The van der Waals surface area contributed by atoms with Gasteiger partial charge in [0.25, 0.3) is 5.91 Å². The van der Waals surface area contributed by atoms with Crippen molar-refractivity contribution in [2.45, 2.75) is 31.9 Å². The van der Waals surface area contributed by atoms with Crippen molar-refractivity contribution in [2.75, 3.05) is 6.54 Å². The van der Waals surface area contributed by atoms with Crippen molar-refractivity contribution < 1.29 is 23.5 Å². The molecule has 2 atom stereocenters. The maximum Gasteiger partial charge on any atom is 0.264 e. The number of amides is 2. The number of primary amides is 1. The molecule has 31 heavy (non-hydrogen) atoms. The van der Waals surface area contributed by atoms with Gasteiger partial charge in [0, 0.05) is 12.6 Å². The second-order valence-electron chi connectivity index (χ2n) is 7.35. The monoisotopic (exact) mass is 422 g/mol. The smallest absolute Gasteiger partial charge is 0.264 e. The highest BCUT2D eigenvalue weighted by Crippen LogP contribution is 2.25. The van der Waals surface area contributed by atoms with Crippen molar-refractivity contribution in [1.29, 1.82) is 0 Å². The molecule has 2 heterocycles. The summed E-state index contributed by atoms with van der Waals surface area (Å²) in [5, 5.41) is 0.327. The Bertz CT molecular complexity index is 1170. The number of nitrogens with zero attached hydrogens (tertiary/aromatic N) is 1. The first-order valence-corrected chi connectivity index (χ1v) is 9.99. The molecule has 0 radical (unpaired) electrons. The summed E-state index contributed by atoms with van der Waals surface area (Å²) in [4.78, 5) is 38.4. The van der Waals surface area contributed by atoms with Crippen LogP contribution in [0.4, 0.5) is 0 Å². The van der Waals surface area contributed by atoms with Crippen LogP contribution in [-0.4, -0.2) is 35.4 Å². The number of para-hydroxylation sites is 1. The van der Waals surface area contributed by atoms with Gasteiger partial charge >= 0.3 is 0 Å². The normalized spacial score (nSPS) is 16.8. The Morgan fingerprint density at radius 2 is 1.94 bits per heavy atom. The number of carbonyl (C=O) groups is 2. The molecule has 0 unspecified atom stereocenters. The lowest BCUT2D eigenvalue weighted by molar-refractivity contribution is -0.142. The van der Waals surface area contributed by atoms with E-state index in [2.05, 4.69) is 0 Å². The molecule has 2 aromatic carbocycles. The van der Waals surface area contributed by atoms with E-state index in [-0.39, 0.29) is 17.1 Å². The molecule has 160 valence electrons. The number of hydrogen-bond donors (Lipinski definition) is 1. The second kappa shape index (κ2) is 8.51. The predicted molar refractivity (Wildman–Crippen MR) is 113 cm³/mol. The van der Waals surface area contributed by atoms with Gasteiger partial charge in [0.1, 0.15) is 29.4 Å². The first-order chi connectivity index (χ1) is 14.9. The number of hydrogen-bond acceptors (Lipinski definition) is 6. The summed E-state index contributed by atoms with van der Waals surface area (Å²) in [6.07, 6.45) is 1.70. The van der Waals surface area contributed by atoms with Crippen molar-refractivity contribution in [1.82, 2.24) is 4.90 Å². The summed E-state index contributed by atoms with van der Waals surface area (Å²) < 4.78 is 16.9. The van der Waals surface area contributed by atoms with E-state index < -0.39 is 18.1 Å². The van der Waals surface area contributed by atoms with Crippen molar-refractivity contribution in [3.63, 3.8) is 0 Å². The Hall–Kier alpha value is -3.81. The van der Waals surface area contributed by atoms with Crippen molar-refractivity contribution >= 4 is 22.8 Å². The van der Waals surface area contributed by atoms with Crippen LogP contribution < -0.4 is 20.6 Å². The third kappa shape index (κ3) is 4.23. The fraction of sp³-hybridized carbons (Fsp3) is 0.261. The highest BCUT2D eigenvalue weighted by molar-refractivity contribution is 5.89. The van der Waals surface area contributed by atoms with Gasteiger partial charge in [-0.05, 0) is 44.0 Å². The predicted octanol–water partition coefficient (Wildman–Crippen LogP) is 2.83. The summed E-state index contributed by atoms with van der Waals surface area (Å²) in [5.74, 6) is 0.136. The van der Waals surface area contributed by atoms with E-state index in [1.807, 2.05) is 6.07 Å². The quantitative estimate of drug-likeness (QED) is 0.654. The largest absolute Gasteiger partial charge is 0.481 e. The van der Waals surface area contributed by atoms with E-state index in [0.29, 0.717) is 35.4 Å². The lowest BCUT2D eigenvalue weighted by Gasteiger charge is -2.25. The van der Waals surface area contributed by atoms with E-state index in [1.54, 1.807) is 49.4 Å². The molecule has 1 aliphatic rings. The third-order valence-electron chi connectivity index (χ3n) is 5.21. The summed E-state index contributed by atoms with van der Waals surface area (Å²) in [6.45, 7) is 2.08. The molecule has 1 aliphatic heterocycles. The number of nitrogens with two attached hydrogens (primary N) is 1. The number of carbonyl (C=O) groups excluding carboxylic acids is 2. The van der Waals surface area contributed by atoms with Crippen LogP contribution in [0.25, 0.3) is 11.0 Å². The van der Waals surface area contributed by atoms with Crippen molar-refractivity contribution in [3.05, 3.63) is 65.0 Å². The fourth-order valence-electron chi connectivity index (χ4n) is 3.66. The van der Waals surface area contributed by atoms with Gasteiger partial charge in [0.2, 0.25) is 17.1 Å². The fourth-order valence-corrected chi connectivity index (χ4v) is 3.66. The van der Waals surface area contributed by atoms with Gasteiger partial charge in [-0.15, -0.1) is 0 Å². The molecule has 3 aromatic rings. The van der Waals surface area contributed by atoms with E-state index in [9.17, 15) is 14.4 Å². The summed E-state index contributed by atoms with van der Waals surface area (Å²) in [7, 11) is 0. The number of likely N-dealkylation sites (tertiary alicyclic amines) is 1. The van der Waals surface area contributed by atoms with Crippen LogP contribution in [0.2, 0.25) is 0 Å². The molecule has 0 aliphatic carbocycles. The Kier molecular flexibility index (Phi) is 5.62. The van der Waals surface area contributed by atoms with Gasteiger partial charge in [-0.25, -0.2) is 0 Å². The zero-order valence-corrected chi connectivity index (χ0v) is 16.9. The highest BCUT2D eigenvalue weighted by atomic mass is 16.5. The topological polar surface area (TPSA) is 112 Å². The van der Waals surface area contributed by atoms with E-state index in [0.717, 1.165) is 6.42 Å². The van der Waals surface area contributed by atoms with Gasteiger partial charge in [-0.2, -0.15) is 0 Å². The molecule has 1 saturated heterocycles. The van der Waals surface area contributed by atoms with Gasteiger partial charge in [-0.3, -0.25) is 14.4 Å². The molecule has 0 bridgehead atoms. The minimum absolute atomic E-state index is 0.0717. The maximum atomic E-state index is 12.7. The molecule has 2 amide bonds. The van der Waals surface area contributed by atoms with Crippen LogP contribution in [0.3, 0.4) is 0 Å². The molecule has 1 aromatic heterocycles. The SMILES string of the molecule is C[C@@H](Oc1ccc2c(=O)c(Oc3ccccc3)coc2c1)C(=O)N1CCC[C@H]1C(N)=O. The number of ether oxygens (including phenoxy) is 2. The molecule has 2 N–H and O–H groups in total. The molecular weight excluding hydrogens is 400 g/mol. The minimum atomic E-state index is -0.829. The van der Waals surface area contributed by atoms with E-state index in [1.165, 1.54) is 11.2 Å². The Labute approximate surface area is 178 Å². The van der Waals surface area contributed by atoms with Crippen LogP contribution in [0, 0.1) is 0 Å². The zero-order valence-electron chi connectivity index (χ0n) is 16.9. The second-order valence-corrected chi connectivity index (χ2v) is 7.35. The zero-order chi connectivity index (χ0) is 22.0. The van der Waals surface area contributed by atoms with Gasteiger partial charge in [0.15, 0.2) is 6.10 Å². The molecule has 0 spiro atoms. The molecule has 1 fully saturated rings. The molecular formula is C23H22N2O6. The van der Waals surface area contributed by atoms with Crippen LogP contribution in [0.5, 0.6) is 17.2 Å². The molecule has 8 heteroatoms. The standard InChI is InChI=1S/C23H22N2O6/c1-14(23(28)25-11-5-8-18(25)22(24)27)30-16-9-10-17-19(12-16)29-13-20(21(17)26)31-15-6-3-2-4-7-15/h2-4,6-7,9-10,12-14,18H,5,8,11H2,1H3,(H2,24,27)/t14-,18+/m1/s1. The van der Waals surface area contributed by atoms with Gasteiger partial charge < -0.3 is 24.5 Å². The number of fused-ring (bicyclic) bond motifs is 1. The number of rotatable bonds is 6. The lowest BCUT2D eigenvalue weighted by atomic mass is 10.2. The molecule has 8 nitrogen and oxygen atoms in total. The van der Waals surface area contributed by atoms with Gasteiger partial charge in [-0.1, -0.05) is 18.2 Å². The van der Waals surface area contributed by atoms with E-state index >= 15 is 0 Å². The Balaban J connectivity index is 1.51. The van der Waals surface area contributed by atoms with Crippen molar-refractivity contribution in [3.8, 4) is 17.2 Å². The summed E-state index contributed by atoms with van der Waals surface area (Å²) in [5.41, 5.74) is 5.38. The van der Waals surface area contributed by atoms with Crippen molar-refractivity contribution in [2.24, 2.45) is 5.73 Å². The highest BCUT2D eigenvalue weighted by Gasteiger charge is 2.35. The maximum absolute atomic E-state index is 12.7. The Morgan fingerprint density at radius 3 is 2.68 bits per heavy atom. The Morgan fingerprint density at radius 1 is 1.16 bits per heavy atom. The first-order valence-electron chi connectivity index (χ1n) is 9.99. The van der Waals surface area contributed by atoms with E-state index in [4.69, 9.17) is 19.6 Å². The van der Waals surface area contributed by atoms with Crippen LogP contribution in [0.15, 0.2) is 64.0 Å². The van der Waals surface area contributed by atoms with Gasteiger partial charge in [0.05, 0.1) is 5.39 Å². The summed E-state index contributed by atoms with van der Waals surface area (Å²) >= 11 is 0. The minimum Gasteiger partial charge on any atom is -0.481 e. The van der Waals surface area contributed by atoms with Crippen LogP contribution in [0.1, 0.15) is 19.8 Å². The average Bonchev–Trinajstić information content (AvgIpc) is 3.26. The van der Waals surface area contributed by atoms with Crippen LogP contribution in [-0.2, 0) is 9.59 Å². The first kappa shape index (κ1) is 20.5. The van der Waals surface area contributed by atoms with Crippen LogP contribution >= 0.6 is 0 Å². The third-order valence-corrected chi connectivity index (χ3v) is 5.21. The lowest BCUT2D eigenvalue weighted by Crippen LogP contribution is -2.48. The number of benzene rings is 2.